The van der Waals surface area contributed by atoms with Gasteiger partial charge in [-0.25, -0.2) is 9.37 Å². The van der Waals surface area contributed by atoms with Crippen molar-refractivity contribution in [2.24, 2.45) is 7.05 Å². The first-order chi connectivity index (χ1) is 9.61. The summed E-state index contributed by atoms with van der Waals surface area (Å²) in [5.41, 5.74) is 1.66. The van der Waals surface area contributed by atoms with Crippen LogP contribution in [0.15, 0.2) is 47.5 Å². The predicted octanol–water partition coefficient (Wildman–Crippen LogP) is 1.98. The van der Waals surface area contributed by atoms with Gasteiger partial charge in [0.2, 0.25) is 0 Å². The van der Waals surface area contributed by atoms with Crippen LogP contribution in [0.5, 0.6) is 0 Å². The minimum Gasteiger partial charge on any atom is -0.306 e. The third-order valence-electron chi connectivity index (χ3n) is 2.86. The third kappa shape index (κ3) is 2.35. The maximum Gasteiger partial charge on any atom is 0.251 e. The van der Waals surface area contributed by atoms with Crippen molar-refractivity contribution in [2.45, 2.75) is 0 Å². The number of nitrogens with zero attached hydrogens (tertiary/aromatic N) is 3. The molecule has 6 heteroatoms. The van der Waals surface area contributed by atoms with Gasteiger partial charge in [-0.2, -0.15) is 5.10 Å². The SMILES string of the molecule is Cn1cc(-c2cc(=O)[nH]c(-c3ccc(F)cc3)n2)cn1. The summed E-state index contributed by atoms with van der Waals surface area (Å²) in [6, 6.07) is 7.20. The van der Waals surface area contributed by atoms with Crippen LogP contribution >= 0.6 is 0 Å². The molecule has 1 aromatic carbocycles. The molecule has 2 heterocycles. The molecular formula is C14H11FN4O. The summed E-state index contributed by atoms with van der Waals surface area (Å²) < 4.78 is 14.6. The average molecular weight is 270 g/mol. The highest BCUT2D eigenvalue weighted by Crippen LogP contribution is 2.19. The first kappa shape index (κ1) is 12.3. The van der Waals surface area contributed by atoms with Gasteiger partial charge in [0.05, 0.1) is 11.9 Å². The molecule has 0 amide bonds. The highest BCUT2D eigenvalue weighted by Gasteiger charge is 2.07. The molecule has 100 valence electrons. The molecule has 3 aromatic rings. The molecule has 0 atom stereocenters. The predicted molar refractivity (Wildman–Crippen MR) is 72.5 cm³/mol. The summed E-state index contributed by atoms with van der Waals surface area (Å²) in [4.78, 5) is 18.8. The second kappa shape index (κ2) is 4.73. The van der Waals surface area contributed by atoms with Crippen LogP contribution in [-0.2, 0) is 7.05 Å². The fraction of sp³-hybridized carbons (Fsp3) is 0.0714. The van der Waals surface area contributed by atoms with E-state index < -0.39 is 0 Å². The zero-order chi connectivity index (χ0) is 14.1. The molecule has 0 radical (unpaired) electrons. The molecule has 0 unspecified atom stereocenters. The molecule has 2 aromatic heterocycles. The van der Waals surface area contributed by atoms with Crippen LogP contribution < -0.4 is 5.56 Å². The van der Waals surface area contributed by atoms with E-state index in [0.717, 1.165) is 5.56 Å². The van der Waals surface area contributed by atoms with Crippen molar-refractivity contribution in [3.63, 3.8) is 0 Å². The molecule has 5 nitrogen and oxygen atoms in total. The summed E-state index contributed by atoms with van der Waals surface area (Å²) in [6.07, 6.45) is 3.41. The zero-order valence-corrected chi connectivity index (χ0v) is 10.7. The number of aromatic nitrogens is 4. The van der Waals surface area contributed by atoms with E-state index in [4.69, 9.17) is 0 Å². The lowest BCUT2D eigenvalue weighted by Crippen LogP contribution is -2.08. The second-order valence-corrected chi connectivity index (χ2v) is 4.39. The molecule has 0 saturated heterocycles. The van der Waals surface area contributed by atoms with Gasteiger partial charge in [0.15, 0.2) is 0 Å². The van der Waals surface area contributed by atoms with Crippen LogP contribution in [0.4, 0.5) is 4.39 Å². The minimum atomic E-state index is -0.334. The topological polar surface area (TPSA) is 63.6 Å². The number of benzene rings is 1. The fourth-order valence-electron chi connectivity index (χ4n) is 1.90. The van der Waals surface area contributed by atoms with Crippen molar-refractivity contribution < 1.29 is 4.39 Å². The Kier molecular flexibility index (Phi) is 2.90. The lowest BCUT2D eigenvalue weighted by Gasteiger charge is -2.03. The molecule has 0 bridgehead atoms. The lowest BCUT2D eigenvalue weighted by molar-refractivity contribution is 0.628. The highest BCUT2D eigenvalue weighted by atomic mass is 19.1. The first-order valence-corrected chi connectivity index (χ1v) is 5.98. The van der Waals surface area contributed by atoms with Gasteiger partial charge < -0.3 is 4.98 Å². The summed E-state index contributed by atoms with van der Waals surface area (Å²) in [5, 5.41) is 4.05. The van der Waals surface area contributed by atoms with Gasteiger partial charge in [0.1, 0.15) is 11.6 Å². The normalized spacial score (nSPS) is 10.7. The zero-order valence-electron chi connectivity index (χ0n) is 10.7. The van der Waals surface area contributed by atoms with Crippen molar-refractivity contribution in [1.82, 2.24) is 19.7 Å². The number of H-pyrrole nitrogens is 1. The quantitative estimate of drug-likeness (QED) is 0.774. The smallest absolute Gasteiger partial charge is 0.251 e. The van der Waals surface area contributed by atoms with Crippen molar-refractivity contribution in [2.75, 3.05) is 0 Å². The number of nitrogens with one attached hydrogen (secondary N) is 1. The molecule has 0 aliphatic carbocycles. The molecule has 0 spiro atoms. The van der Waals surface area contributed by atoms with Crippen LogP contribution in [0.25, 0.3) is 22.6 Å². The van der Waals surface area contributed by atoms with Gasteiger partial charge >= 0.3 is 0 Å². The Bertz CT molecular complexity index is 805. The molecule has 3 rings (SSSR count). The monoisotopic (exact) mass is 270 g/mol. The Labute approximate surface area is 113 Å². The van der Waals surface area contributed by atoms with Gasteiger partial charge in [-0.3, -0.25) is 9.48 Å². The summed E-state index contributed by atoms with van der Waals surface area (Å²) in [5.74, 6) is 0.0656. The van der Waals surface area contributed by atoms with Gasteiger partial charge in [-0.1, -0.05) is 0 Å². The Morgan fingerprint density at radius 1 is 1.20 bits per heavy atom. The number of hydrogen-bond donors (Lipinski definition) is 1. The first-order valence-electron chi connectivity index (χ1n) is 5.98. The molecule has 0 saturated carbocycles. The van der Waals surface area contributed by atoms with Crippen molar-refractivity contribution in [1.29, 1.82) is 0 Å². The van der Waals surface area contributed by atoms with E-state index in [1.54, 1.807) is 36.3 Å². The van der Waals surface area contributed by atoms with Crippen molar-refractivity contribution in [3.05, 3.63) is 58.9 Å². The number of aryl methyl sites for hydroxylation is 1. The fourth-order valence-corrected chi connectivity index (χ4v) is 1.90. The summed E-state index contributed by atoms with van der Waals surface area (Å²) in [6.45, 7) is 0. The Morgan fingerprint density at radius 2 is 1.95 bits per heavy atom. The van der Waals surface area contributed by atoms with Crippen LogP contribution in [-0.4, -0.2) is 19.7 Å². The molecule has 20 heavy (non-hydrogen) atoms. The minimum absolute atomic E-state index is 0.266. The van der Waals surface area contributed by atoms with Gasteiger partial charge in [0, 0.05) is 30.4 Å². The average Bonchev–Trinajstić information content (AvgIpc) is 2.85. The van der Waals surface area contributed by atoms with E-state index in [1.807, 2.05) is 0 Å². The molecule has 0 aliphatic heterocycles. The van der Waals surface area contributed by atoms with E-state index in [9.17, 15) is 9.18 Å². The molecule has 0 fully saturated rings. The van der Waals surface area contributed by atoms with E-state index in [0.29, 0.717) is 17.1 Å². The number of rotatable bonds is 2. The maximum atomic E-state index is 12.9. The maximum absolute atomic E-state index is 12.9. The molecule has 1 N–H and O–H groups in total. The Hall–Kier alpha value is -2.76. The lowest BCUT2D eigenvalue weighted by atomic mass is 10.2. The molecule has 0 aliphatic rings. The summed E-state index contributed by atoms with van der Waals surface area (Å²) in [7, 11) is 1.79. The largest absolute Gasteiger partial charge is 0.306 e. The Balaban J connectivity index is 2.11. The van der Waals surface area contributed by atoms with Gasteiger partial charge in [-0.05, 0) is 24.3 Å². The standard InChI is InChI=1S/C14H11FN4O/c1-19-8-10(7-16-19)12-6-13(20)18-14(17-12)9-2-4-11(15)5-3-9/h2-8H,1H3,(H,17,18,20). The molecular weight excluding hydrogens is 259 g/mol. The van der Waals surface area contributed by atoms with Crippen LogP contribution in [0, 0.1) is 5.82 Å². The number of hydrogen-bond acceptors (Lipinski definition) is 3. The van der Waals surface area contributed by atoms with E-state index in [1.165, 1.54) is 18.2 Å². The van der Waals surface area contributed by atoms with Crippen LogP contribution in [0.3, 0.4) is 0 Å². The van der Waals surface area contributed by atoms with E-state index in [-0.39, 0.29) is 11.4 Å². The van der Waals surface area contributed by atoms with E-state index in [2.05, 4.69) is 15.1 Å². The summed E-state index contributed by atoms with van der Waals surface area (Å²) >= 11 is 0. The van der Waals surface area contributed by atoms with Crippen LogP contribution in [0.1, 0.15) is 0 Å². The second-order valence-electron chi connectivity index (χ2n) is 4.39. The van der Waals surface area contributed by atoms with Crippen molar-refractivity contribution >= 4 is 0 Å². The number of aromatic amines is 1. The van der Waals surface area contributed by atoms with E-state index >= 15 is 0 Å². The van der Waals surface area contributed by atoms with Crippen molar-refractivity contribution in [3.8, 4) is 22.6 Å². The third-order valence-corrected chi connectivity index (χ3v) is 2.86. The van der Waals surface area contributed by atoms with Crippen LogP contribution in [0.2, 0.25) is 0 Å². The van der Waals surface area contributed by atoms with Gasteiger partial charge in [0.25, 0.3) is 5.56 Å². The Morgan fingerprint density at radius 3 is 2.60 bits per heavy atom. The highest BCUT2D eigenvalue weighted by molar-refractivity contribution is 5.62. The number of halogens is 1. The van der Waals surface area contributed by atoms with Gasteiger partial charge in [-0.15, -0.1) is 0 Å².